The van der Waals surface area contributed by atoms with Crippen molar-refractivity contribution in [2.24, 2.45) is 0 Å². The van der Waals surface area contributed by atoms with Crippen molar-refractivity contribution in [2.75, 3.05) is 28.4 Å². The molecule has 0 bridgehead atoms. The summed E-state index contributed by atoms with van der Waals surface area (Å²) in [7, 11) is 6.27. The smallest absolute Gasteiger partial charge is 0.257 e. The molecular weight excluding hydrogens is 310 g/mol. The van der Waals surface area contributed by atoms with Crippen molar-refractivity contribution in [3.63, 3.8) is 0 Å². The maximum absolute atomic E-state index is 12.8. The van der Waals surface area contributed by atoms with Crippen LogP contribution in [-0.2, 0) is 13.1 Å². The third-order valence-corrected chi connectivity index (χ3v) is 3.70. The number of aromatic nitrogens is 2. The van der Waals surface area contributed by atoms with Crippen LogP contribution < -0.4 is 14.2 Å². The lowest BCUT2D eigenvalue weighted by molar-refractivity contribution is 0.0779. The first-order chi connectivity index (χ1) is 11.5. The number of hydrogen-bond acceptors (Lipinski definition) is 5. The SMILES string of the molecule is CCn1ccc(CN(C)C(=O)c2ccc(OC)c(OC)c2OC)n1. The lowest BCUT2D eigenvalue weighted by Crippen LogP contribution is -2.27. The molecule has 0 spiro atoms. The maximum Gasteiger partial charge on any atom is 0.257 e. The Kier molecular flexibility index (Phi) is 5.68. The zero-order chi connectivity index (χ0) is 17.7. The van der Waals surface area contributed by atoms with Crippen molar-refractivity contribution in [1.29, 1.82) is 0 Å². The molecule has 7 heteroatoms. The second-order valence-electron chi connectivity index (χ2n) is 5.21. The van der Waals surface area contributed by atoms with Gasteiger partial charge in [0.05, 0.1) is 39.1 Å². The summed E-state index contributed by atoms with van der Waals surface area (Å²) in [5, 5.41) is 4.40. The van der Waals surface area contributed by atoms with E-state index in [1.807, 2.05) is 23.9 Å². The van der Waals surface area contributed by atoms with Crippen LogP contribution in [0.25, 0.3) is 0 Å². The number of nitrogens with zero attached hydrogens (tertiary/aromatic N) is 3. The Hall–Kier alpha value is -2.70. The third-order valence-electron chi connectivity index (χ3n) is 3.70. The van der Waals surface area contributed by atoms with Gasteiger partial charge in [-0.05, 0) is 25.1 Å². The molecule has 130 valence electrons. The fourth-order valence-electron chi connectivity index (χ4n) is 2.45. The minimum Gasteiger partial charge on any atom is -0.493 e. The van der Waals surface area contributed by atoms with Crippen molar-refractivity contribution >= 4 is 5.91 Å². The van der Waals surface area contributed by atoms with Crippen LogP contribution in [-0.4, -0.2) is 49.0 Å². The van der Waals surface area contributed by atoms with Gasteiger partial charge < -0.3 is 19.1 Å². The summed E-state index contributed by atoms with van der Waals surface area (Å²) in [6.45, 7) is 3.21. The fourth-order valence-corrected chi connectivity index (χ4v) is 2.45. The standard InChI is InChI=1S/C17H23N3O4/c1-6-20-10-9-12(18-20)11-19(2)17(21)13-7-8-14(22-3)16(24-5)15(13)23-4/h7-10H,6,11H2,1-5H3. The molecular formula is C17H23N3O4. The largest absolute Gasteiger partial charge is 0.493 e. The van der Waals surface area contributed by atoms with Crippen LogP contribution >= 0.6 is 0 Å². The Balaban J connectivity index is 2.27. The molecule has 7 nitrogen and oxygen atoms in total. The van der Waals surface area contributed by atoms with Gasteiger partial charge >= 0.3 is 0 Å². The molecule has 0 aliphatic heterocycles. The number of hydrogen-bond donors (Lipinski definition) is 0. The van der Waals surface area contributed by atoms with E-state index in [-0.39, 0.29) is 5.91 Å². The van der Waals surface area contributed by atoms with Crippen LogP contribution in [0.1, 0.15) is 23.0 Å². The fraction of sp³-hybridized carbons (Fsp3) is 0.412. The third kappa shape index (κ3) is 3.45. The highest BCUT2D eigenvalue weighted by Gasteiger charge is 2.23. The van der Waals surface area contributed by atoms with Gasteiger partial charge in [0, 0.05) is 19.8 Å². The Morgan fingerprint density at radius 3 is 2.38 bits per heavy atom. The van der Waals surface area contributed by atoms with Crippen LogP contribution in [0.2, 0.25) is 0 Å². The lowest BCUT2D eigenvalue weighted by atomic mass is 10.1. The topological polar surface area (TPSA) is 65.8 Å². The quantitative estimate of drug-likeness (QED) is 0.777. The van der Waals surface area contributed by atoms with E-state index in [9.17, 15) is 4.79 Å². The number of amides is 1. The van der Waals surface area contributed by atoms with Gasteiger partial charge in [0.2, 0.25) is 5.75 Å². The molecule has 0 fully saturated rings. The van der Waals surface area contributed by atoms with E-state index in [0.717, 1.165) is 12.2 Å². The maximum atomic E-state index is 12.8. The van der Waals surface area contributed by atoms with E-state index in [1.54, 1.807) is 24.1 Å². The minimum atomic E-state index is -0.182. The normalized spacial score (nSPS) is 10.4. The average molecular weight is 333 g/mol. The van der Waals surface area contributed by atoms with Crippen LogP contribution in [0.4, 0.5) is 0 Å². The molecule has 0 unspecified atom stereocenters. The number of carbonyl (C=O) groups excluding carboxylic acids is 1. The molecule has 2 rings (SSSR count). The van der Waals surface area contributed by atoms with Gasteiger partial charge in [-0.1, -0.05) is 0 Å². The number of rotatable bonds is 7. The van der Waals surface area contributed by atoms with E-state index in [4.69, 9.17) is 14.2 Å². The summed E-state index contributed by atoms with van der Waals surface area (Å²) in [6.07, 6.45) is 1.89. The van der Waals surface area contributed by atoms with Crippen molar-refractivity contribution in [3.05, 3.63) is 35.7 Å². The van der Waals surface area contributed by atoms with Crippen molar-refractivity contribution in [2.45, 2.75) is 20.0 Å². The molecule has 0 radical (unpaired) electrons. The summed E-state index contributed by atoms with van der Waals surface area (Å²) in [6, 6.07) is 5.26. The van der Waals surface area contributed by atoms with Gasteiger partial charge in [0.15, 0.2) is 11.5 Å². The zero-order valence-corrected chi connectivity index (χ0v) is 14.7. The number of methoxy groups -OCH3 is 3. The van der Waals surface area contributed by atoms with Gasteiger partial charge in [-0.3, -0.25) is 9.48 Å². The van der Waals surface area contributed by atoms with Gasteiger partial charge in [-0.25, -0.2) is 0 Å². The number of ether oxygens (including phenoxy) is 3. The van der Waals surface area contributed by atoms with E-state index < -0.39 is 0 Å². The number of carbonyl (C=O) groups is 1. The summed E-state index contributed by atoms with van der Waals surface area (Å²) in [5.41, 5.74) is 1.24. The summed E-state index contributed by atoms with van der Waals surface area (Å²) < 4.78 is 17.8. The second-order valence-corrected chi connectivity index (χ2v) is 5.21. The zero-order valence-electron chi connectivity index (χ0n) is 14.7. The summed E-state index contributed by atoms with van der Waals surface area (Å²) in [4.78, 5) is 14.4. The van der Waals surface area contributed by atoms with Crippen molar-refractivity contribution in [1.82, 2.24) is 14.7 Å². The van der Waals surface area contributed by atoms with Gasteiger partial charge in [0.25, 0.3) is 5.91 Å². The van der Waals surface area contributed by atoms with Crippen molar-refractivity contribution in [3.8, 4) is 17.2 Å². The highest BCUT2D eigenvalue weighted by atomic mass is 16.5. The first-order valence-corrected chi connectivity index (χ1v) is 7.62. The van der Waals surface area contributed by atoms with E-state index in [2.05, 4.69) is 5.10 Å². The molecule has 2 aromatic rings. The monoisotopic (exact) mass is 333 g/mol. The predicted molar refractivity (Wildman–Crippen MR) is 89.8 cm³/mol. The van der Waals surface area contributed by atoms with Gasteiger partial charge in [-0.15, -0.1) is 0 Å². The van der Waals surface area contributed by atoms with E-state index in [0.29, 0.717) is 29.4 Å². The van der Waals surface area contributed by atoms with Crippen molar-refractivity contribution < 1.29 is 19.0 Å². The first kappa shape index (κ1) is 17.7. The Morgan fingerprint density at radius 2 is 1.83 bits per heavy atom. The number of benzene rings is 1. The van der Waals surface area contributed by atoms with Crippen LogP contribution in [0.3, 0.4) is 0 Å². The van der Waals surface area contributed by atoms with E-state index in [1.165, 1.54) is 21.3 Å². The molecule has 0 aliphatic rings. The second kappa shape index (κ2) is 7.72. The highest BCUT2D eigenvalue weighted by Crippen LogP contribution is 2.40. The van der Waals surface area contributed by atoms with Gasteiger partial charge in [-0.2, -0.15) is 5.10 Å². The first-order valence-electron chi connectivity index (χ1n) is 7.62. The molecule has 0 atom stereocenters. The molecule has 0 aliphatic carbocycles. The van der Waals surface area contributed by atoms with Gasteiger partial charge in [0.1, 0.15) is 0 Å². The molecule has 0 N–H and O–H groups in total. The Labute approximate surface area is 141 Å². The molecule has 1 heterocycles. The van der Waals surface area contributed by atoms with Crippen LogP contribution in [0.5, 0.6) is 17.2 Å². The molecule has 1 aromatic heterocycles. The Bertz CT molecular complexity index is 712. The molecule has 1 amide bonds. The summed E-state index contributed by atoms with van der Waals surface area (Å²) in [5.74, 6) is 1.08. The van der Waals surface area contributed by atoms with Crippen LogP contribution in [0, 0.1) is 0 Å². The molecule has 0 saturated carbocycles. The molecule has 24 heavy (non-hydrogen) atoms. The Morgan fingerprint density at radius 1 is 1.12 bits per heavy atom. The highest BCUT2D eigenvalue weighted by molar-refractivity contribution is 5.98. The molecule has 0 saturated heterocycles. The minimum absolute atomic E-state index is 0.182. The average Bonchev–Trinajstić information content (AvgIpc) is 3.06. The predicted octanol–water partition coefficient (Wildman–Crippen LogP) is 2.20. The van der Waals surface area contributed by atoms with Crippen LogP contribution in [0.15, 0.2) is 24.4 Å². The lowest BCUT2D eigenvalue weighted by Gasteiger charge is -2.20. The summed E-state index contributed by atoms with van der Waals surface area (Å²) >= 11 is 0. The van der Waals surface area contributed by atoms with E-state index >= 15 is 0 Å². The molecule has 1 aromatic carbocycles. The number of aryl methyl sites for hydroxylation is 1.